The number of alkyl carbamates (subject to hydrolysis) is 1. The maximum Gasteiger partial charge on any atom is 0.408 e. The van der Waals surface area contributed by atoms with Crippen molar-refractivity contribution in [3.63, 3.8) is 0 Å². The Morgan fingerprint density at radius 1 is 1.38 bits per heavy atom. The summed E-state index contributed by atoms with van der Waals surface area (Å²) in [5.41, 5.74) is 0.0251. The van der Waals surface area contributed by atoms with E-state index in [4.69, 9.17) is 56.5 Å². The van der Waals surface area contributed by atoms with Crippen LogP contribution in [0.1, 0.15) is 6.92 Å². The highest BCUT2D eigenvalue weighted by Gasteiger charge is 2.35. The number of rotatable bonds is 6. The Labute approximate surface area is 169 Å². The molecule has 0 saturated heterocycles. The van der Waals surface area contributed by atoms with Gasteiger partial charge in [-0.25, -0.2) is 4.79 Å². The van der Waals surface area contributed by atoms with Gasteiger partial charge in [0.2, 0.25) is 3.79 Å². The van der Waals surface area contributed by atoms with Crippen molar-refractivity contribution >= 4 is 69.6 Å². The number of anilines is 1. The van der Waals surface area contributed by atoms with Gasteiger partial charge in [0, 0.05) is 12.1 Å². The fraction of sp³-hybridized carbons (Fsp3) is 0.385. The van der Waals surface area contributed by atoms with Crippen LogP contribution in [0.2, 0.25) is 0 Å². The van der Waals surface area contributed by atoms with E-state index in [2.05, 4.69) is 16.0 Å². The van der Waals surface area contributed by atoms with E-state index in [1.807, 2.05) is 0 Å². The molecule has 1 amide bonds. The third-order valence-corrected chi connectivity index (χ3v) is 3.66. The summed E-state index contributed by atoms with van der Waals surface area (Å²) in [6.07, 6.45) is -2.07. The van der Waals surface area contributed by atoms with Crippen LogP contribution in [-0.4, -0.2) is 39.8 Å². The summed E-state index contributed by atoms with van der Waals surface area (Å²) in [4.78, 5) is 21.9. The molecule has 13 heteroatoms. The number of hydrogen-bond acceptors (Lipinski definition) is 6. The van der Waals surface area contributed by atoms with Gasteiger partial charge in [0.15, 0.2) is 11.3 Å². The molecule has 0 aliphatic carbocycles. The number of benzene rings is 1. The lowest BCUT2D eigenvalue weighted by atomic mass is 10.2. The van der Waals surface area contributed by atoms with Gasteiger partial charge in [-0.2, -0.15) is 0 Å². The Morgan fingerprint density at radius 2 is 2.04 bits per heavy atom. The van der Waals surface area contributed by atoms with Crippen molar-refractivity contribution in [3.8, 4) is 5.75 Å². The molecule has 0 heterocycles. The maximum atomic E-state index is 11.6. The zero-order chi connectivity index (χ0) is 19.9. The standard InChI is InChI=1S/C13H15Cl3N4O5S/c1-3-25-12(21)19-10(13(14,15)16)18-11(26)17-8-6-7(20(22)23)4-5-9(8)24-2/h4-6,10H,3H2,1-2H3,(H,19,21)(H2,17,18,26)/t10-/m0/s1. The second-order valence-electron chi connectivity index (χ2n) is 4.58. The normalized spacial score (nSPS) is 11.9. The van der Waals surface area contributed by atoms with Crippen molar-refractivity contribution in [1.82, 2.24) is 10.6 Å². The van der Waals surface area contributed by atoms with Gasteiger partial charge in [0.05, 0.1) is 24.3 Å². The number of carbonyl (C=O) groups is 1. The number of nitro benzene ring substituents is 1. The molecule has 0 aliphatic heterocycles. The molecule has 0 fully saturated rings. The van der Waals surface area contributed by atoms with Crippen LogP contribution in [0.3, 0.4) is 0 Å². The smallest absolute Gasteiger partial charge is 0.408 e. The van der Waals surface area contributed by atoms with E-state index in [0.29, 0.717) is 5.75 Å². The summed E-state index contributed by atoms with van der Waals surface area (Å²) in [6, 6.07) is 3.88. The topological polar surface area (TPSA) is 115 Å². The number of methoxy groups -OCH3 is 1. The SMILES string of the molecule is CCOC(=O)N[C@H](NC(=S)Nc1cc([N+](=O)[O-])ccc1OC)C(Cl)(Cl)Cl. The molecule has 144 valence electrons. The second-order valence-corrected chi connectivity index (χ2v) is 7.36. The van der Waals surface area contributed by atoms with Gasteiger partial charge in [-0.3, -0.25) is 15.4 Å². The van der Waals surface area contributed by atoms with E-state index in [9.17, 15) is 14.9 Å². The molecule has 1 rings (SSSR count). The van der Waals surface area contributed by atoms with Crippen LogP contribution in [0.4, 0.5) is 16.2 Å². The van der Waals surface area contributed by atoms with Crippen LogP contribution in [0.5, 0.6) is 5.75 Å². The van der Waals surface area contributed by atoms with Gasteiger partial charge >= 0.3 is 6.09 Å². The van der Waals surface area contributed by atoms with Crippen LogP contribution in [0.25, 0.3) is 0 Å². The lowest BCUT2D eigenvalue weighted by Crippen LogP contribution is -2.56. The highest BCUT2D eigenvalue weighted by Crippen LogP contribution is 2.30. The average molecular weight is 446 g/mol. The number of hydrogen-bond donors (Lipinski definition) is 3. The Morgan fingerprint density at radius 3 is 2.54 bits per heavy atom. The highest BCUT2D eigenvalue weighted by molar-refractivity contribution is 7.80. The minimum atomic E-state index is -1.97. The van der Waals surface area contributed by atoms with Crippen LogP contribution in [-0.2, 0) is 4.74 Å². The predicted molar refractivity (Wildman–Crippen MR) is 103 cm³/mol. The minimum Gasteiger partial charge on any atom is -0.495 e. The first-order chi connectivity index (χ1) is 12.1. The molecule has 0 radical (unpaired) electrons. The van der Waals surface area contributed by atoms with Gasteiger partial charge in [-0.1, -0.05) is 34.8 Å². The zero-order valence-electron chi connectivity index (χ0n) is 13.5. The van der Waals surface area contributed by atoms with Gasteiger partial charge in [0.25, 0.3) is 5.69 Å². The Kier molecular flexibility index (Phi) is 8.41. The number of nitrogens with zero attached hydrogens (tertiary/aromatic N) is 1. The number of carbonyl (C=O) groups excluding carboxylic acids is 1. The van der Waals surface area contributed by atoms with Crippen LogP contribution >= 0.6 is 47.0 Å². The second kappa shape index (κ2) is 9.81. The summed E-state index contributed by atoms with van der Waals surface area (Å²) in [5.74, 6) is 0.295. The van der Waals surface area contributed by atoms with Crippen LogP contribution in [0.15, 0.2) is 18.2 Å². The maximum absolute atomic E-state index is 11.6. The van der Waals surface area contributed by atoms with E-state index in [0.717, 1.165) is 0 Å². The van der Waals surface area contributed by atoms with Crippen molar-refractivity contribution in [2.75, 3.05) is 19.0 Å². The van der Waals surface area contributed by atoms with Gasteiger partial charge in [-0.05, 0) is 25.2 Å². The first-order valence-corrected chi connectivity index (χ1v) is 8.52. The molecule has 9 nitrogen and oxygen atoms in total. The number of halogens is 3. The number of nitrogens with one attached hydrogen (secondary N) is 3. The molecule has 0 bridgehead atoms. The molecule has 3 N–H and O–H groups in total. The van der Waals surface area contributed by atoms with Crippen molar-refractivity contribution in [1.29, 1.82) is 0 Å². The summed E-state index contributed by atoms with van der Waals surface area (Å²) in [7, 11) is 1.38. The molecule has 0 unspecified atom stereocenters. The third-order valence-electron chi connectivity index (χ3n) is 2.78. The number of alkyl halides is 3. The lowest BCUT2D eigenvalue weighted by Gasteiger charge is -2.27. The number of ether oxygens (including phenoxy) is 2. The van der Waals surface area contributed by atoms with E-state index < -0.39 is 21.0 Å². The minimum absolute atomic E-state index is 0.0862. The number of amides is 1. The molecular formula is C13H15Cl3N4O5S. The quantitative estimate of drug-likeness (QED) is 0.201. The molecule has 1 aromatic rings. The van der Waals surface area contributed by atoms with Gasteiger partial charge < -0.3 is 20.1 Å². The van der Waals surface area contributed by atoms with Gasteiger partial charge in [-0.15, -0.1) is 0 Å². The highest BCUT2D eigenvalue weighted by atomic mass is 35.6. The summed E-state index contributed by atoms with van der Waals surface area (Å²) in [6.45, 7) is 1.73. The van der Waals surface area contributed by atoms with E-state index in [1.54, 1.807) is 6.92 Å². The largest absolute Gasteiger partial charge is 0.495 e. The summed E-state index contributed by atoms with van der Waals surface area (Å²) < 4.78 is 7.86. The molecule has 0 saturated carbocycles. The fourth-order valence-corrected chi connectivity index (χ4v) is 2.24. The molecule has 1 aromatic carbocycles. The van der Waals surface area contributed by atoms with E-state index >= 15 is 0 Å². The first kappa shape index (κ1) is 22.3. The molecule has 0 aliphatic rings. The number of non-ortho nitro benzene ring substituents is 1. The van der Waals surface area contributed by atoms with Crippen molar-refractivity contribution < 1.29 is 19.2 Å². The van der Waals surface area contributed by atoms with E-state index in [1.165, 1.54) is 25.3 Å². The third kappa shape index (κ3) is 6.87. The first-order valence-electron chi connectivity index (χ1n) is 6.98. The molecule has 1 atom stereocenters. The van der Waals surface area contributed by atoms with Crippen molar-refractivity contribution in [2.24, 2.45) is 0 Å². The number of thiocarbonyl (C=S) groups is 1. The zero-order valence-corrected chi connectivity index (χ0v) is 16.6. The van der Waals surface area contributed by atoms with Crippen LogP contribution in [0, 0.1) is 10.1 Å². The number of nitro groups is 1. The molecule has 0 spiro atoms. The fourth-order valence-electron chi connectivity index (χ4n) is 1.69. The molecule has 0 aromatic heterocycles. The van der Waals surface area contributed by atoms with Crippen LogP contribution < -0.4 is 20.7 Å². The summed E-state index contributed by atoms with van der Waals surface area (Å²) in [5, 5.41) is 18.4. The van der Waals surface area contributed by atoms with Crippen molar-refractivity contribution in [3.05, 3.63) is 28.3 Å². The Bertz CT molecular complexity index is 686. The van der Waals surface area contributed by atoms with Crippen molar-refractivity contribution in [2.45, 2.75) is 16.9 Å². The lowest BCUT2D eigenvalue weighted by molar-refractivity contribution is -0.384. The Hall–Kier alpha value is -1.75. The molecular weight excluding hydrogens is 431 g/mol. The summed E-state index contributed by atoms with van der Waals surface area (Å²) >= 11 is 22.5. The Balaban J connectivity index is 2.92. The monoisotopic (exact) mass is 444 g/mol. The molecule has 26 heavy (non-hydrogen) atoms. The predicted octanol–water partition coefficient (Wildman–Crippen LogP) is 3.33. The van der Waals surface area contributed by atoms with Gasteiger partial charge in [0.1, 0.15) is 5.75 Å². The van der Waals surface area contributed by atoms with E-state index in [-0.39, 0.29) is 23.1 Å². The average Bonchev–Trinajstić information content (AvgIpc) is 2.53.